The number of amides is 1. The fourth-order valence-electron chi connectivity index (χ4n) is 2.97. The van der Waals surface area contributed by atoms with Gasteiger partial charge in [0.15, 0.2) is 18.1 Å². The van der Waals surface area contributed by atoms with Crippen LogP contribution in [0.4, 0.5) is 0 Å². The van der Waals surface area contributed by atoms with E-state index < -0.39 is 0 Å². The molecule has 0 aromatic heterocycles. The maximum absolute atomic E-state index is 12.4. The summed E-state index contributed by atoms with van der Waals surface area (Å²) in [6, 6.07) is 13.9. The molecule has 3 rings (SSSR count). The van der Waals surface area contributed by atoms with E-state index in [2.05, 4.69) is 17.4 Å². The number of nitrogens with one attached hydrogen (secondary N) is 1. The summed E-state index contributed by atoms with van der Waals surface area (Å²) in [6.07, 6.45) is 4.87. The summed E-state index contributed by atoms with van der Waals surface area (Å²) < 4.78 is 11.1. The zero-order valence-electron chi connectivity index (χ0n) is 15.0. The lowest BCUT2D eigenvalue weighted by Gasteiger charge is -2.25. The third-order valence-corrected chi connectivity index (χ3v) is 5.32. The molecule has 0 saturated carbocycles. The van der Waals surface area contributed by atoms with Crippen molar-refractivity contribution in [2.45, 2.75) is 24.3 Å². The first-order valence-corrected chi connectivity index (χ1v) is 9.64. The first-order valence-electron chi connectivity index (χ1n) is 8.66. The normalized spacial score (nSPS) is 16.2. The van der Waals surface area contributed by atoms with Crippen LogP contribution in [0.2, 0.25) is 0 Å². The van der Waals surface area contributed by atoms with Gasteiger partial charge in [-0.2, -0.15) is 0 Å². The molecule has 1 N–H and O–H groups in total. The fraction of sp³-hybridized carbons (Fsp3) is 0.286. The quantitative estimate of drug-likeness (QED) is 0.817. The maximum atomic E-state index is 12.4. The van der Waals surface area contributed by atoms with Crippen LogP contribution in [0, 0.1) is 0 Å². The van der Waals surface area contributed by atoms with Crippen LogP contribution in [0.15, 0.2) is 53.4 Å². The molecule has 1 aliphatic heterocycles. The van der Waals surface area contributed by atoms with Gasteiger partial charge in [-0.15, -0.1) is 11.8 Å². The van der Waals surface area contributed by atoms with Crippen LogP contribution in [-0.4, -0.2) is 25.4 Å². The molecule has 0 radical (unpaired) electrons. The molecule has 0 aliphatic carbocycles. The number of methoxy groups -OCH3 is 1. The second kappa shape index (κ2) is 8.81. The van der Waals surface area contributed by atoms with Crippen molar-refractivity contribution >= 4 is 23.7 Å². The largest absolute Gasteiger partial charge is 0.493 e. The van der Waals surface area contributed by atoms with Crippen LogP contribution < -0.4 is 14.8 Å². The number of hydrogen-bond acceptors (Lipinski definition) is 4. The monoisotopic (exact) mass is 369 g/mol. The Bertz CT molecular complexity index is 804. The van der Waals surface area contributed by atoms with Crippen molar-refractivity contribution < 1.29 is 14.3 Å². The molecular formula is C21H23NO3S. The highest BCUT2D eigenvalue weighted by atomic mass is 32.2. The SMILES string of the molecule is C/C=C/c1ccc(OCC(=O)NC2CCSc3ccccc32)c(OC)c1. The highest BCUT2D eigenvalue weighted by Crippen LogP contribution is 2.35. The van der Waals surface area contributed by atoms with Crippen molar-refractivity contribution in [3.63, 3.8) is 0 Å². The lowest BCUT2D eigenvalue weighted by Crippen LogP contribution is -2.34. The fourth-order valence-corrected chi connectivity index (χ4v) is 4.10. The third-order valence-electron chi connectivity index (χ3n) is 4.20. The molecule has 1 unspecified atom stereocenters. The number of thioether (sulfide) groups is 1. The number of benzene rings is 2. The molecule has 2 aromatic carbocycles. The number of rotatable bonds is 6. The van der Waals surface area contributed by atoms with E-state index in [1.54, 1.807) is 7.11 Å². The molecule has 5 heteroatoms. The number of carbonyl (C=O) groups is 1. The van der Waals surface area contributed by atoms with Crippen molar-refractivity contribution in [3.8, 4) is 11.5 Å². The number of fused-ring (bicyclic) bond motifs is 1. The van der Waals surface area contributed by atoms with Crippen LogP contribution >= 0.6 is 11.8 Å². The number of hydrogen-bond donors (Lipinski definition) is 1. The van der Waals surface area contributed by atoms with E-state index in [1.165, 1.54) is 10.5 Å². The van der Waals surface area contributed by atoms with E-state index in [0.29, 0.717) is 11.5 Å². The average Bonchev–Trinajstić information content (AvgIpc) is 2.67. The Morgan fingerprint density at radius 3 is 2.92 bits per heavy atom. The van der Waals surface area contributed by atoms with E-state index in [9.17, 15) is 4.79 Å². The Kier molecular flexibility index (Phi) is 6.23. The van der Waals surface area contributed by atoms with Crippen LogP contribution in [0.5, 0.6) is 11.5 Å². The predicted molar refractivity (Wildman–Crippen MR) is 106 cm³/mol. The van der Waals surface area contributed by atoms with Gasteiger partial charge < -0.3 is 14.8 Å². The summed E-state index contributed by atoms with van der Waals surface area (Å²) in [5.41, 5.74) is 2.21. The summed E-state index contributed by atoms with van der Waals surface area (Å²) in [6.45, 7) is 1.92. The van der Waals surface area contributed by atoms with Gasteiger partial charge in [-0.3, -0.25) is 4.79 Å². The third kappa shape index (κ3) is 4.41. The summed E-state index contributed by atoms with van der Waals surface area (Å²) in [7, 11) is 1.60. The summed E-state index contributed by atoms with van der Waals surface area (Å²) in [5.74, 6) is 2.06. The highest BCUT2D eigenvalue weighted by molar-refractivity contribution is 7.99. The molecule has 1 amide bonds. The van der Waals surface area contributed by atoms with Crippen molar-refractivity contribution in [2.24, 2.45) is 0 Å². The minimum absolute atomic E-state index is 0.0366. The van der Waals surface area contributed by atoms with Gasteiger partial charge in [-0.25, -0.2) is 0 Å². The predicted octanol–water partition coefficient (Wildman–Crippen LogP) is 4.46. The van der Waals surface area contributed by atoms with Crippen molar-refractivity contribution in [2.75, 3.05) is 19.5 Å². The minimum Gasteiger partial charge on any atom is -0.493 e. The standard InChI is InChI=1S/C21H23NO3S/c1-3-6-15-9-10-18(19(13-15)24-2)25-14-21(23)22-17-11-12-26-20-8-5-4-7-16(17)20/h3-10,13,17H,11-12,14H2,1-2H3,(H,22,23)/b6-3+. The Labute approximate surface area is 158 Å². The van der Waals surface area contributed by atoms with Gasteiger partial charge in [0, 0.05) is 10.6 Å². The van der Waals surface area contributed by atoms with Crippen molar-refractivity contribution in [1.29, 1.82) is 0 Å². The lowest BCUT2D eigenvalue weighted by molar-refractivity contribution is -0.123. The van der Waals surface area contributed by atoms with E-state index in [0.717, 1.165) is 17.7 Å². The Morgan fingerprint density at radius 2 is 2.12 bits per heavy atom. The van der Waals surface area contributed by atoms with Gasteiger partial charge in [0.1, 0.15) is 0 Å². The minimum atomic E-state index is -0.128. The second-order valence-corrected chi connectivity index (χ2v) is 7.13. The molecule has 0 saturated heterocycles. The average molecular weight is 369 g/mol. The van der Waals surface area contributed by atoms with Crippen molar-refractivity contribution in [1.82, 2.24) is 5.32 Å². The maximum Gasteiger partial charge on any atom is 0.258 e. The molecule has 136 valence electrons. The van der Waals surface area contributed by atoms with Gasteiger partial charge in [0.25, 0.3) is 5.91 Å². The van der Waals surface area contributed by atoms with Gasteiger partial charge in [0.2, 0.25) is 0 Å². The summed E-state index contributed by atoms with van der Waals surface area (Å²) >= 11 is 1.84. The van der Waals surface area contributed by atoms with E-state index >= 15 is 0 Å². The molecule has 4 nitrogen and oxygen atoms in total. The van der Waals surface area contributed by atoms with Crippen LogP contribution in [0.1, 0.15) is 30.5 Å². The molecule has 0 spiro atoms. The Morgan fingerprint density at radius 1 is 1.27 bits per heavy atom. The van der Waals surface area contributed by atoms with E-state index in [-0.39, 0.29) is 18.6 Å². The molecule has 0 fully saturated rings. The first kappa shape index (κ1) is 18.4. The second-order valence-electron chi connectivity index (χ2n) is 5.99. The number of carbonyl (C=O) groups excluding carboxylic acids is 1. The van der Waals surface area contributed by atoms with Crippen LogP contribution in [0.3, 0.4) is 0 Å². The molecule has 26 heavy (non-hydrogen) atoms. The van der Waals surface area contributed by atoms with Crippen LogP contribution in [-0.2, 0) is 4.79 Å². The molecule has 0 bridgehead atoms. The lowest BCUT2D eigenvalue weighted by atomic mass is 10.0. The highest BCUT2D eigenvalue weighted by Gasteiger charge is 2.22. The smallest absolute Gasteiger partial charge is 0.258 e. The van der Waals surface area contributed by atoms with Gasteiger partial charge >= 0.3 is 0 Å². The Hall–Kier alpha value is -2.40. The van der Waals surface area contributed by atoms with Crippen molar-refractivity contribution in [3.05, 3.63) is 59.7 Å². The summed E-state index contributed by atoms with van der Waals surface area (Å²) in [4.78, 5) is 13.6. The van der Waals surface area contributed by atoms with Crippen LogP contribution in [0.25, 0.3) is 6.08 Å². The molecule has 1 heterocycles. The molecular weight excluding hydrogens is 346 g/mol. The first-order chi connectivity index (χ1) is 12.7. The van der Waals surface area contributed by atoms with Gasteiger partial charge in [-0.1, -0.05) is 36.4 Å². The number of ether oxygens (including phenoxy) is 2. The Balaban J connectivity index is 1.61. The topological polar surface area (TPSA) is 47.6 Å². The molecule has 1 aliphatic rings. The summed E-state index contributed by atoms with van der Waals surface area (Å²) in [5, 5.41) is 3.09. The molecule has 1 atom stereocenters. The van der Waals surface area contributed by atoms with E-state index in [1.807, 2.05) is 61.2 Å². The zero-order chi connectivity index (χ0) is 18.4. The van der Waals surface area contributed by atoms with E-state index in [4.69, 9.17) is 9.47 Å². The molecule has 2 aromatic rings. The zero-order valence-corrected chi connectivity index (χ0v) is 15.8. The van der Waals surface area contributed by atoms with Gasteiger partial charge in [0.05, 0.1) is 13.2 Å². The van der Waals surface area contributed by atoms with Gasteiger partial charge in [-0.05, 0) is 42.7 Å². The number of allylic oxidation sites excluding steroid dienone is 1.